The molecule has 110 valence electrons. The quantitative estimate of drug-likeness (QED) is 0.947. The summed E-state index contributed by atoms with van der Waals surface area (Å²) >= 11 is 0. The number of para-hydroxylation sites is 1. The molecular weight excluding hydrogens is 284 g/mol. The number of anilines is 2. The van der Waals surface area contributed by atoms with Crippen molar-refractivity contribution in [1.29, 1.82) is 0 Å². The maximum absolute atomic E-state index is 12.6. The topological polar surface area (TPSA) is 49.4 Å². The Morgan fingerprint density at radius 2 is 1.86 bits per heavy atom. The van der Waals surface area contributed by atoms with Crippen molar-refractivity contribution in [3.63, 3.8) is 0 Å². The van der Waals surface area contributed by atoms with Gasteiger partial charge in [-0.15, -0.1) is 0 Å². The van der Waals surface area contributed by atoms with E-state index in [4.69, 9.17) is 0 Å². The van der Waals surface area contributed by atoms with Gasteiger partial charge in [0.15, 0.2) is 0 Å². The molecule has 0 radical (unpaired) electrons. The average Bonchev–Trinajstić information content (AvgIpc) is 2.87. The minimum Gasteiger partial charge on any atom is -0.266 e. The zero-order valence-corrected chi connectivity index (χ0v) is 12.9. The summed E-state index contributed by atoms with van der Waals surface area (Å²) in [7, 11) is -3.58. The van der Waals surface area contributed by atoms with Crippen LogP contribution in [-0.4, -0.2) is 15.0 Å². The van der Waals surface area contributed by atoms with Gasteiger partial charge in [-0.2, -0.15) is 8.42 Å². The highest BCUT2D eigenvalue weighted by atomic mass is 32.2. The predicted octanol–water partition coefficient (Wildman–Crippen LogP) is 3.02. The molecule has 0 fully saturated rings. The SMILES string of the molecule is Cc1ccc(C)c(NS(=O)(=O)N2CCc3ccccc32)c1. The minimum atomic E-state index is -3.58. The molecule has 0 aliphatic carbocycles. The van der Waals surface area contributed by atoms with Crippen LogP contribution in [0.25, 0.3) is 0 Å². The van der Waals surface area contributed by atoms with Crippen LogP contribution in [0.4, 0.5) is 11.4 Å². The molecule has 3 rings (SSSR count). The lowest BCUT2D eigenvalue weighted by atomic mass is 10.1. The molecule has 0 spiro atoms. The molecule has 0 unspecified atom stereocenters. The van der Waals surface area contributed by atoms with Crippen molar-refractivity contribution in [3.8, 4) is 0 Å². The summed E-state index contributed by atoms with van der Waals surface area (Å²) in [5, 5.41) is 0. The Hall–Kier alpha value is -2.01. The van der Waals surface area contributed by atoms with Crippen molar-refractivity contribution in [2.24, 2.45) is 0 Å². The summed E-state index contributed by atoms with van der Waals surface area (Å²) in [5.74, 6) is 0. The summed E-state index contributed by atoms with van der Waals surface area (Å²) < 4.78 is 29.4. The molecule has 1 heterocycles. The first kappa shape index (κ1) is 13.9. The first-order chi connectivity index (χ1) is 9.97. The molecule has 1 N–H and O–H groups in total. The van der Waals surface area contributed by atoms with Gasteiger partial charge in [-0.1, -0.05) is 30.3 Å². The Labute approximate surface area is 125 Å². The van der Waals surface area contributed by atoms with Crippen molar-refractivity contribution < 1.29 is 8.42 Å². The van der Waals surface area contributed by atoms with E-state index >= 15 is 0 Å². The van der Waals surface area contributed by atoms with E-state index in [0.29, 0.717) is 12.2 Å². The lowest BCUT2D eigenvalue weighted by Crippen LogP contribution is -2.34. The molecule has 21 heavy (non-hydrogen) atoms. The van der Waals surface area contributed by atoms with Gasteiger partial charge in [-0.25, -0.2) is 0 Å². The third-order valence-corrected chi connectivity index (χ3v) is 5.20. The molecule has 0 amide bonds. The monoisotopic (exact) mass is 302 g/mol. The number of benzene rings is 2. The van der Waals surface area contributed by atoms with Gasteiger partial charge in [-0.3, -0.25) is 9.03 Å². The Bertz CT molecular complexity index is 785. The molecule has 1 aliphatic heterocycles. The second kappa shape index (κ2) is 5.07. The molecular formula is C16H18N2O2S. The largest absolute Gasteiger partial charge is 0.323 e. The van der Waals surface area contributed by atoms with Crippen molar-refractivity contribution in [2.45, 2.75) is 20.3 Å². The van der Waals surface area contributed by atoms with Gasteiger partial charge in [0.05, 0.1) is 11.4 Å². The van der Waals surface area contributed by atoms with E-state index in [9.17, 15) is 8.42 Å². The molecule has 2 aromatic rings. The van der Waals surface area contributed by atoms with Crippen LogP contribution in [0.3, 0.4) is 0 Å². The lowest BCUT2D eigenvalue weighted by Gasteiger charge is -2.21. The van der Waals surface area contributed by atoms with E-state index in [-0.39, 0.29) is 0 Å². The Morgan fingerprint density at radius 3 is 2.67 bits per heavy atom. The molecule has 0 aromatic heterocycles. The van der Waals surface area contributed by atoms with E-state index in [0.717, 1.165) is 28.8 Å². The minimum absolute atomic E-state index is 0.486. The van der Waals surface area contributed by atoms with Crippen LogP contribution in [0.2, 0.25) is 0 Å². The number of hydrogen-bond donors (Lipinski definition) is 1. The number of rotatable bonds is 3. The van der Waals surface area contributed by atoms with Crippen LogP contribution in [0.15, 0.2) is 42.5 Å². The van der Waals surface area contributed by atoms with Crippen molar-refractivity contribution in [2.75, 3.05) is 15.6 Å². The van der Waals surface area contributed by atoms with Crippen molar-refractivity contribution in [1.82, 2.24) is 0 Å². The maximum atomic E-state index is 12.6. The fraction of sp³-hybridized carbons (Fsp3) is 0.250. The van der Waals surface area contributed by atoms with Crippen molar-refractivity contribution in [3.05, 3.63) is 59.2 Å². The first-order valence-electron chi connectivity index (χ1n) is 6.93. The Kier molecular flexibility index (Phi) is 3.37. The summed E-state index contributed by atoms with van der Waals surface area (Å²) in [6.07, 6.45) is 0.754. The van der Waals surface area contributed by atoms with Crippen LogP contribution >= 0.6 is 0 Å². The fourth-order valence-electron chi connectivity index (χ4n) is 2.60. The predicted molar refractivity (Wildman–Crippen MR) is 86.0 cm³/mol. The molecule has 4 nitrogen and oxygen atoms in total. The van der Waals surface area contributed by atoms with E-state index in [1.807, 2.05) is 56.3 Å². The van der Waals surface area contributed by atoms with Gasteiger partial charge < -0.3 is 0 Å². The summed E-state index contributed by atoms with van der Waals surface area (Å²) in [4.78, 5) is 0. The van der Waals surface area contributed by atoms with Crippen molar-refractivity contribution >= 4 is 21.6 Å². The third kappa shape index (κ3) is 2.61. The molecule has 1 aliphatic rings. The number of aryl methyl sites for hydroxylation is 2. The molecule has 0 saturated carbocycles. The van der Waals surface area contributed by atoms with E-state index in [1.165, 1.54) is 4.31 Å². The average molecular weight is 302 g/mol. The van der Waals surface area contributed by atoms with Crippen LogP contribution in [0.1, 0.15) is 16.7 Å². The maximum Gasteiger partial charge on any atom is 0.323 e. The Balaban J connectivity index is 1.94. The Morgan fingerprint density at radius 1 is 1.10 bits per heavy atom. The highest BCUT2D eigenvalue weighted by Crippen LogP contribution is 2.31. The summed E-state index contributed by atoms with van der Waals surface area (Å²) in [6.45, 7) is 4.33. The highest BCUT2D eigenvalue weighted by Gasteiger charge is 2.29. The van der Waals surface area contributed by atoms with Gasteiger partial charge in [0.2, 0.25) is 0 Å². The number of fused-ring (bicyclic) bond motifs is 1. The smallest absolute Gasteiger partial charge is 0.266 e. The standard InChI is InChI=1S/C16H18N2O2S/c1-12-7-8-13(2)15(11-12)17-21(19,20)18-10-9-14-5-3-4-6-16(14)18/h3-8,11,17H,9-10H2,1-2H3. The van der Waals surface area contributed by atoms with Gasteiger partial charge in [-0.05, 0) is 49.1 Å². The molecule has 5 heteroatoms. The normalized spacial score (nSPS) is 14.1. The second-order valence-corrected chi connectivity index (χ2v) is 6.97. The third-order valence-electron chi connectivity index (χ3n) is 3.77. The van der Waals surface area contributed by atoms with Gasteiger partial charge in [0.1, 0.15) is 0 Å². The zero-order valence-electron chi connectivity index (χ0n) is 12.1. The zero-order chi connectivity index (χ0) is 15.0. The molecule has 0 bridgehead atoms. The second-order valence-electron chi connectivity index (χ2n) is 5.38. The fourth-order valence-corrected chi connectivity index (χ4v) is 3.97. The number of nitrogens with one attached hydrogen (secondary N) is 1. The summed E-state index contributed by atoms with van der Waals surface area (Å²) in [6, 6.07) is 13.4. The lowest BCUT2D eigenvalue weighted by molar-refractivity contribution is 0.597. The first-order valence-corrected chi connectivity index (χ1v) is 8.37. The highest BCUT2D eigenvalue weighted by molar-refractivity contribution is 7.94. The van der Waals surface area contributed by atoms with E-state index in [1.54, 1.807) is 0 Å². The van der Waals surface area contributed by atoms with Crippen LogP contribution in [-0.2, 0) is 16.6 Å². The molecule has 2 aromatic carbocycles. The molecule has 0 atom stereocenters. The van der Waals surface area contributed by atoms with Gasteiger partial charge in [0, 0.05) is 6.54 Å². The van der Waals surface area contributed by atoms with Gasteiger partial charge in [0.25, 0.3) is 0 Å². The van der Waals surface area contributed by atoms with Crippen LogP contribution in [0.5, 0.6) is 0 Å². The number of nitrogens with zero attached hydrogens (tertiary/aromatic N) is 1. The number of hydrogen-bond acceptors (Lipinski definition) is 2. The van der Waals surface area contributed by atoms with E-state index < -0.39 is 10.2 Å². The van der Waals surface area contributed by atoms with E-state index in [2.05, 4.69) is 4.72 Å². The molecule has 0 saturated heterocycles. The van der Waals surface area contributed by atoms with Crippen LogP contribution in [0, 0.1) is 13.8 Å². The summed E-state index contributed by atoms with van der Waals surface area (Å²) in [5.41, 5.74) is 4.43. The van der Waals surface area contributed by atoms with Gasteiger partial charge >= 0.3 is 10.2 Å². The van der Waals surface area contributed by atoms with Crippen LogP contribution < -0.4 is 9.03 Å².